The van der Waals surface area contributed by atoms with Gasteiger partial charge in [0.1, 0.15) is 0 Å². The zero-order valence-corrected chi connectivity index (χ0v) is 14.6. The Balaban J connectivity index is 0.00000264. The highest BCUT2D eigenvalue weighted by Crippen LogP contribution is 2.26. The quantitative estimate of drug-likeness (QED) is 0.700. The van der Waals surface area contributed by atoms with Crippen LogP contribution in [0.25, 0.3) is 0 Å². The van der Waals surface area contributed by atoms with Crippen molar-refractivity contribution in [3.05, 3.63) is 24.3 Å². The molecule has 2 N–H and O–H groups in total. The average molecular weight is 364 g/mol. The maximum absolute atomic E-state index is 11.9. The molecule has 1 saturated heterocycles. The Hall–Kier alpha value is -1.35. The fourth-order valence-corrected chi connectivity index (χ4v) is 3.81. The molecule has 0 atom stereocenters. The van der Waals surface area contributed by atoms with Crippen LogP contribution in [-0.4, -0.2) is 53.4 Å². The van der Waals surface area contributed by atoms with Gasteiger partial charge >= 0.3 is 0 Å². The molecule has 130 valence electrons. The number of hydrogen-bond acceptors (Lipinski definition) is 5. The van der Waals surface area contributed by atoms with E-state index < -0.39 is 10.0 Å². The van der Waals surface area contributed by atoms with Gasteiger partial charge in [-0.05, 0) is 24.6 Å². The second-order valence-corrected chi connectivity index (χ2v) is 7.02. The van der Waals surface area contributed by atoms with Gasteiger partial charge in [-0.2, -0.15) is 0 Å². The molecular weight excluding hydrogens is 342 g/mol. The summed E-state index contributed by atoms with van der Waals surface area (Å²) in [5.41, 5.74) is 1.17. The Bertz CT molecular complexity index is 624. The number of sulfonamides is 1. The first-order valence-electron chi connectivity index (χ1n) is 7.13. The number of hydrogen-bond donors (Lipinski definition) is 2. The minimum Gasteiger partial charge on any atom is -0.383 e. The van der Waals surface area contributed by atoms with E-state index in [0.29, 0.717) is 37.5 Å². The Kier molecular flexibility index (Phi) is 7.77. The van der Waals surface area contributed by atoms with Gasteiger partial charge in [-0.3, -0.25) is 9.10 Å². The topological polar surface area (TPSA) is 87.7 Å². The van der Waals surface area contributed by atoms with Crippen LogP contribution in [0.5, 0.6) is 0 Å². The summed E-state index contributed by atoms with van der Waals surface area (Å²) in [5.74, 6) is -0.00922. The number of anilines is 2. The monoisotopic (exact) mass is 363 g/mol. The summed E-state index contributed by atoms with van der Waals surface area (Å²) < 4.78 is 30.1. The summed E-state index contributed by atoms with van der Waals surface area (Å²) in [6, 6.07) is 6.88. The van der Waals surface area contributed by atoms with Crippen LogP contribution in [0.2, 0.25) is 0 Å². The van der Waals surface area contributed by atoms with E-state index in [0.717, 1.165) is 0 Å². The van der Waals surface area contributed by atoms with Gasteiger partial charge in [-0.1, -0.05) is 6.07 Å². The number of amides is 1. The van der Waals surface area contributed by atoms with Gasteiger partial charge in [0.15, 0.2) is 0 Å². The third-order valence-electron chi connectivity index (χ3n) is 3.29. The van der Waals surface area contributed by atoms with Crippen LogP contribution in [0.1, 0.15) is 6.42 Å². The highest BCUT2D eigenvalue weighted by atomic mass is 35.5. The van der Waals surface area contributed by atoms with Crippen LogP contribution in [0.4, 0.5) is 11.4 Å². The van der Waals surface area contributed by atoms with Crippen LogP contribution in [0, 0.1) is 0 Å². The fourth-order valence-electron chi connectivity index (χ4n) is 2.25. The molecule has 0 spiro atoms. The van der Waals surface area contributed by atoms with Crippen molar-refractivity contribution < 1.29 is 17.9 Å². The fraction of sp³-hybridized carbons (Fsp3) is 0.500. The lowest BCUT2D eigenvalue weighted by Gasteiger charge is -2.17. The first-order chi connectivity index (χ1) is 10.5. The first kappa shape index (κ1) is 19.7. The third-order valence-corrected chi connectivity index (χ3v) is 5.16. The van der Waals surface area contributed by atoms with E-state index in [9.17, 15) is 13.2 Å². The van der Waals surface area contributed by atoms with E-state index in [4.69, 9.17) is 4.74 Å². The largest absolute Gasteiger partial charge is 0.383 e. The van der Waals surface area contributed by atoms with Gasteiger partial charge in [-0.15, -0.1) is 12.4 Å². The van der Waals surface area contributed by atoms with E-state index in [1.165, 1.54) is 4.31 Å². The first-order valence-corrected chi connectivity index (χ1v) is 8.74. The number of methoxy groups -OCH3 is 1. The zero-order valence-electron chi connectivity index (χ0n) is 12.9. The molecule has 1 fully saturated rings. The number of nitrogens with one attached hydrogen (secondary N) is 2. The average Bonchev–Trinajstić information content (AvgIpc) is 2.83. The maximum atomic E-state index is 11.9. The highest BCUT2D eigenvalue weighted by molar-refractivity contribution is 7.93. The van der Waals surface area contributed by atoms with Crippen molar-refractivity contribution in [3.63, 3.8) is 0 Å². The van der Waals surface area contributed by atoms with E-state index in [1.54, 1.807) is 31.4 Å². The maximum Gasteiger partial charge on any atom is 0.238 e. The van der Waals surface area contributed by atoms with Gasteiger partial charge in [0.05, 0.1) is 24.6 Å². The molecule has 1 aliphatic heterocycles. The second kappa shape index (κ2) is 9.07. The van der Waals surface area contributed by atoms with Crippen LogP contribution in [0.15, 0.2) is 24.3 Å². The summed E-state index contributed by atoms with van der Waals surface area (Å²) in [5, 5.41) is 5.69. The molecule has 23 heavy (non-hydrogen) atoms. The molecule has 1 aromatic rings. The lowest BCUT2D eigenvalue weighted by molar-refractivity contribution is -0.115. The van der Waals surface area contributed by atoms with Crippen molar-refractivity contribution in [3.8, 4) is 0 Å². The number of rotatable bonds is 7. The molecule has 2 rings (SSSR count). The molecule has 1 aliphatic rings. The number of benzene rings is 1. The lowest BCUT2D eigenvalue weighted by Crippen LogP contribution is -2.30. The summed E-state index contributed by atoms with van der Waals surface area (Å²) in [6.07, 6.45) is 0.627. The Morgan fingerprint density at radius 3 is 2.83 bits per heavy atom. The molecule has 9 heteroatoms. The highest BCUT2D eigenvalue weighted by Gasteiger charge is 2.28. The number of carbonyl (C=O) groups excluding carboxylic acids is 1. The van der Waals surface area contributed by atoms with Crippen molar-refractivity contribution in [2.24, 2.45) is 0 Å². The predicted molar refractivity (Wildman–Crippen MR) is 92.8 cm³/mol. The van der Waals surface area contributed by atoms with Crippen LogP contribution < -0.4 is 14.9 Å². The van der Waals surface area contributed by atoms with Gasteiger partial charge in [0, 0.05) is 25.9 Å². The van der Waals surface area contributed by atoms with E-state index in [-0.39, 0.29) is 30.6 Å². The Morgan fingerprint density at radius 1 is 1.39 bits per heavy atom. The molecular formula is C14H22ClN3O4S. The molecule has 0 aromatic heterocycles. The van der Waals surface area contributed by atoms with Crippen molar-refractivity contribution in [2.75, 3.05) is 48.7 Å². The van der Waals surface area contributed by atoms with E-state index >= 15 is 0 Å². The second-order valence-electron chi connectivity index (χ2n) is 5.01. The van der Waals surface area contributed by atoms with E-state index in [2.05, 4.69) is 10.6 Å². The molecule has 1 amide bonds. The summed E-state index contributed by atoms with van der Waals surface area (Å²) >= 11 is 0. The molecule has 0 radical (unpaired) electrons. The minimum absolute atomic E-state index is 0. The van der Waals surface area contributed by atoms with Crippen LogP contribution >= 0.6 is 12.4 Å². The summed E-state index contributed by atoms with van der Waals surface area (Å²) in [4.78, 5) is 11.8. The van der Waals surface area contributed by atoms with Crippen molar-refractivity contribution in [1.82, 2.24) is 5.32 Å². The smallest absolute Gasteiger partial charge is 0.238 e. The normalized spacial score (nSPS) is 16.0. The lowest BCUT2D eigenvalue weighted by atomic mass is 10.2. The number of carbonyl (C=O) groups is 1. The number of ether oxygens (including phenoxy) is 1. The van der Waals surface area contributed by atoms with E-state index in [1.807, 2.05) is 0 Å². The van der Waals surface area contributed by atoms with Crippen molar-refractivity contribution in [2.45, 2.75) is 6.42 Å². The van der Waals surface area contributed by atoms with Gasteiger partial charge in [0.2, 0.25) is 15.9 Å². The standard InChI is InChI=1S/C14H21N3O4S.ClH/c1-21-8-6-15-11-14(18)16-12-4-2-5-13(10-12)17-7-3-9-22(17,19)20;/h2,4-5,10,15H,3,6-9,11H2,1H3,(H,16,18);1H. The Labute approximate surface area is 142 Å². The van der Waals surface area contributed by atoms with Crippen molar-refractivity contribution >= 4 is 39.7 Å². The predicted octanol–water partition coefficient (Wildman–Crippen LogP) is 0.823. The number of halogens is 1. The molecule has 0 unspecified atom stereocenters. The summed E-state index contributed by atoms with van der Waals surface area (Å²) in [6.45, 7) is 1.79. The minimum atomic E-state index is -3.21. The van der Waals surface area contributed by atoms with Gasteiger partial charge < -0.3 is 15.4 Å². The molecule has 1 aromatic carbocycles. The number of nitrogens with zero attached hydrogens (tertiary/aromatic N) is 1. The molecule has 0 aliphatic carbocycles. The van der Waals surface area contributed by atoms with Gasteiger partial charge in [0.25, 0.3) is 0 Å². The molecule has 0 bridgehead atoms. The SMILES string of the molecule is COCCNCC(=O)Nc1cccc(N2CCCS2(=O)=O)c1.Cl. The van der Waals surface area contributed by atoms with Crippen molar-refractivity contribution in [1.29, 1.82) is 0 Å². The van der Waals surface area contributed by atoms with Crippen LogP contribution in [0.3, 0.4) is 0 Å². The van der Waals surface area contributed by atoms with Gasteiger partial charge in [-0.25, -0.2) is 8.42 Å². The zero-order chi connectivity index (χ0) is 16.0. The third kappa shape index (κ3) is 5.65. The van der Waals surface area contributed by atoms with Crippen LogP contribution in [-0.2, 0) is 19.6 Å². The molecule has 7 nitrogen and oxygen atoms in total. The summed E-state index contributed by atoms with van der Waals surface area (Å²) in [7, 11) is -1.61. The molecule has 1 heterocycles. The molecule has 0 saturated carbocycles. The Morgan fingerprint density at radius 2 is 2.17 bits per heavy atom.